The molecule has 2 amide bonds. The first-order valence-electron chi connectivity index (χ1n) is 9.18. The lowest BCUT2D eigenvalue weighted by Gasteiger charge is -2.14. The van der Waals surface area contributed by atoms with Gasteiger partial charge in [0, 0.05) is 27.8 Å². The Balaban J connectivity index is 1.60. The molecule has 0 fully saturated rings. The van der Waals surface area contributed by atoms with Crippen LogP contribution in [0.3, 0.4) is 0 Å². The van der Waals surface area contributed by atoms with Crippen LogP contribution in [0.5, 0.6) is 0 Å². The number of rotatable bonds is 7. The van der Waals surface area contributed by atoms with Gasteiger partial charge in [-0.2, -0.15) is 0 Å². The van der Waals surface area contributed by atoms with Crippen LogP contribution in [0.25, 0.3) is 0 Å². The van der Waals surface area contributed by atoms with Gasteiger partial charge in [-0.15, -0.1) is 10.2 Å². The van der Waals surface area contributed by atoms with Crippen molar-refractivity contribution in [2.24, 2.45) is 7.05 Å². The van der Waals surface area contributed by atoms with E-state index in [2.05, 4.69) is 20.8 Å². The number of carbonyl (C=O) groups excluding carboxylic acids is 2. The lowest BCUT2D eigenvalue weighted by atomic mass is 10.2. The molecule has 2 aromatic carbocycles. The van der Waals surface area contributed by atoms with Gasteiger partial charge in [0.2, 0.25) is 5.91 Å². The van der Waals surface area contributed by atoms with Gasteiger partial charge in [0.05, 0.1) is 22.4 Å². The van der Waals surface area contributed by atoms with E-state index in [-0.39, 0.29) is 22.6 Å². The summed E-state index contributed by atoms with van der Waals surface area (Å²) < 4.78 is 1.71. The van der Waals surface area contributed by atoms with Gasteiger partial charge in [-0.25, -0.2) is 0 Å². The van der Waals surface area contributed by atoms with Crippen molar-refractivity contribution < 1.29 is 9.59 Å². The maximum Gasteiger partial charge on any atom is 0.253 e. The van der Waals surface area contributed by atoms with E-state index in [1.807, 2.05) is 0 Å². The van der Waals surface area contributed by atoms with Crippen molar-refractivity contribution in [3.05, 3.63) is 67.9 Å². The summed E-state index contributed by atoms with van der Waals surface area (Å²) in [6.45, 7) is 1.77. The highest BCUT2D eigenvalue weighted by atomic mass is 35.5. The average Bonchev–Trinajstić information content (AvgIpc) is 3.06. The van der Waals surface area contributed by atoms with E-state index in [0.29, 0.717) is 37.3 Å². The van der Waals surface area contributed by atoms with Crippen LogP contribution >= 0.6 is 58.2 Å². The van der Waals surface area contributed by atoms with E-state index in [9.17, 15) is 9.59 Å². The van der Waals surface area contributed by atoms with E-state index in [1.54, 1.807) is 48.9 Å². The minimum Gasteiger partial charge on any atom is -0.342 e. The number of halogens is 4. The highest BCUT2D eigenvalue weighted by Gasteiger charge is 2.20. The summed E-state index contributed by atoms with van der Waals surface area (Å²) in [6.07, 6.45) is 0. The van der Waals surface area contributed by atoms with Crippen LogP contribution in [-0.2, 0) is 11.8 Å². The molecule has 0 unspecified atom stereocenters. The summed E-state index contributed by atoms with van der Waals surface area (Å²) in [4.78, 5) is 24.8. The van der Waals surface area contributed by atoms with Gasteiger partial charge in [0.25, 0.3) is 5.91 Å². The Kier molecular flexibility index (Phi) is 8.30. The first kappa shape index (κ1) is 24.7. The van der Waals surface area contributed by atoms with Crippen LogP contribution in [0.1, 0.15) is 29.1 Å². The monoisotopic (exact) mass is 531 g/mol. The van der Waals surface area contributed by atoms with E-state index >= 15 is 0 Å². The zero-order valence-corrected chi connectivity index (χ0v) is 20.7. The molecule has 3 rings (SSSR count). The Morgan fingerprint density at radius 1 is 1.03 bits per heavy atom. The normalized spacial score (nSPS) is 11.8. The maximum atomic E-state index is 12.5. The lowest BCUT2D eigenvalue weighted by molar-refractivity contribution is -0.113. The number of aromatic nitrogens is 3. The SMILES string of the molecule is C[C@@H](NC(=O)c1ccc(Cl)cc1Cl)c1nnc(SCC(=O)Nc2cc(Cl)cc(Cl)c2)n1C. The Hall–Kier alpha value is -1.97. The van der Waals surface area contributed by atoms with Gasteiger partial charge in [-0.05, 0) is 43.3 Å². The first-order valence-corrected chi connectivity index (χ1v) is 11.7. The fourth-order valence-electron chi connectivity index (χ4n) is 2.79. The average molecular weight is 533 g/mol. The predicted molar refractivity (Wildman–Crippen MR) is 129 cm³/mol. The third-order valence-electron chi connectivity index (χ3n) is 4.26. The molecule has 0 saturated heterocycles. The van der Waals surface area contributed by atoms with Gasteiger partial charge in [-0.1, -0.05) is 58.2 Å². The fraction of sp³-hybridized carbons (Fsp3) is 0.200. The summed E-state index contributed by atoms with van der Waals surface area (Å²) in [5.41, 5.74) is 0.807. The van der Waals surface area contributed by atoms with Crippen LogP contribution in [0.2, 0.25) is 20.1 Å². The molecule has 32 heavy (non-hydrogen) atoms. The molecule has 0 aliphatic heterocycles. The molecule has 0 aliphatic carbocycles. The van der Waals surface area contributed by atoms with Crippen LogP contribution in [0, 0.1) is 0 Å². The number of hydrogen-bond acceptors (Lipinski definition) is 5. The molecule has 0 spiro atoms. The smallest absolute Gasteiger partial charge is 0.253 e. The largest absolute Gasteiger partial charge is 0.342 e. The summed E-state index contributed by atoms with van der Waals surface area (Å²) in [7, 11) is 1.75. The number of carbonyl (C=O) groups is 2. The third-order valence-corrected chi connectivity index (χ3v) is 6.26. The van der Waals surface area contributed by atoms with Crippen molar-refractivity contribution in [2.45, 2.75) is 18.1 Å². The van der Waals surface area contributed by atoms with Crippen LogP contribution in [0.15, 0.2) is 41.6 Å². The lowest BCUT2D eigenvalue weighted by Crippen LogP contribution is -2.28. The molecular weight excluding hydrogens is 516 g/mol. The zero-order chi connectivity index (χ0) is 23.4. The molecule has 0 bridgehead atoms. The van der Waals surface area contributed by atoms with Crippen molar-refractivity contribution in [3.8, 4) is 0 Å². The molecule has 0 radical (unpaired) electrons. The van der Waals surface area contributed by atoms with Crippen LogP contribution in [-0.4, -0.2) is 32.3 Å². The van der Waals surface area contributed by atoms with Gasteiger partial charge in [-0.3, -0.25) is 9.59 Å². The van der Waals surface area contributed by atoms with Gasteiger partial charge < -0.3 is 15.2 Å². The van der Waals surface area contributed by atoms with Crippen molar-refractivity contribution in [3.63, 3.8) is 0 Å². The predicted octanol–water partition coefficient (Wildman–Crippen LogP) is 5.65. The summed E-state index contributed by atoms with van der Waals surface area (Å²) in [5.74, 6) is -0.00228. The van der Waals surface area contributed by atoms with E-state index in [1.165, 1.54) is 17.8 Å². The van der Waals surface area contributed by atoms with Crippen molar-refractivity contribution in [2.75, 3.05) is 11.1 Å². The Morgan fingerprint density at radius 2 is 1.72 bits per heavy atom. The van der Waals surface area contributed by atoms with Gasteiger partial charge in [0.15, 0.2) is 11.0 Å². The zero-order valence-electron chi connectivity index (χ0n) is 16.8. The molecule has 1 heterocycles. The topological polar surface area (TPSA) is 88.9 Å². The second kappa shape index (κ2) is 10.8. The molecule has 2 N–H and O–H groups in total. The second-order valence-corrected chi connectivity index (χ2v) is 9.37. The number of nitrogens with zero attached hydrogens (tertiary/aromatic N) is 3. The number of anilines is 1. The molecule has 7 nitrogen and oxygen atoms in total. The van der Waals surface area contributed by atoms with E-state index in [0.717, 1.165) is 0 Å². The van der Waals surface area contributed by atoms with Crippen LogP contribution < -0.4 is 10.6 Å². The Morgan fingerprint density at radius 3 is 2.38 bits per heavy atom. The number of hydrogen-bond donors (Lipinski definition) is 2. The van der Waals surface area contributed by atoms with Gasteiger partial charge >= 0.3 is 0 Å². The molecule has 1 atom stereocenters. The number of amides is 2. The molecule has 12 heteroatoms. The third kappa shape index (κ3) is 6.30. The molecule has 3 aromatic rings. The summed E-state index contributed by atoms with van der Waals surface area (Å²) in [6, 6.07) is 8.98. The Labute approximate surface area is 208 Å². The maximum absolute atomic E-state index is 12.5. The number of nitrogens with one attached hydrogen (secondary N) is 2. The fourth-order valence-corrected chi connectivity index (χ4v) is 4.53. The first-order chi connectivity index (χ1) is 15.1. The number of thioether (sulfide) groups is 1. The molecule has 1 aromatic heterocycles. The molecule has 0 aliphatic rings. The minimum absolute atomic E-state index is 0.0945. The minimum atomic E-state index is -0.455. The highest BCUT2D eigenvalue weighted by molar-refractivity contribution is 7.99. The summed E-state index contributed by atoms with van der Waals surface area (Å²) >= 11 is 25.1. The summed E-state index contributed by atoms with van der Waals surface area (Å²) in [5, 5.41) is 15.9. The quantitative estimate of drug-likeness (QED) is 0.384. The highest BCUT2D eigenvalue weighted by Crippen LogP contribution is 2.25. The standard InChI is InChI=1S/C20H17Cl4N5O2S/c1-10(25-19(31)15-4-3-11(21)8-16(15)24)18-27-28-20(29(18)2)32-9-17(30)26-14-6-12(22)5-13(23)7-14/h3-8,10H,9H2,1-2H3,(H,25,31)(H,26,30)/t10-/m1/s1. The van der Waals surface area contributed by atoms with Crippen molar-refractivity contribution in [1.29, 1.82) is 0 Å². The van der Waals surface area contributed by atoms with Crippen molar-refractivity contribution in [1.82, 2.24) is 20.1 Å². The molecule has 168 valence electrons. The Bertz CT molecular complexity index is 1150. The molecular formula is C20H17Cl4N5O2S. The van der Waals surface area contributed by atoms with Crippen molar-refractivity contribution >= 4 is 75.7 Å². The van der Waals surface area contributed by atoms with Gasteiger partial charge in [0.1, 0.15) is 0 Å². The van der Waals surface area contributed by atoms with Crippen LogP contribution in [0.4, 0.5) is 5.69 Å². The number of benzene rings is 2. The van der Waals surface area contributed by atoms with E-state index < -0.39 is 6.04 Å². The molecule has 0 saturated carbocycles. The second-order valence-electron chi connectivity index (χ2n) is 6.71. The van der Waals surface area contributed by atoms with E-state index in [4.69, 9.17) is 46.4 Å².